The van der Waals surface area contributed by atoms with Crippen molar-refractivity contribution < 1.29 is 4.74 Å². The quantitative estimate of drug-likeness (QED) is 0.821. The molecular formula is C15H27N3O. The van der Waals surface area contributed by atoms with Crippen LogP contribution in [0.25, 0.3) is 0 Å². The lowest BCUT2D eigenvalue weighted by Gasteiger charge is -2.27. The summed E-state index contributed by atoms with van der Waals surface area (Å²) in [6.45, 7) is 9.39. The highest BCUT2D eigenvalue weighted by molar-refractivity contribution is 5.54. The van der Waals surface area contributed by atoms with Gasteiger partial charge in [0.05, 0.1) is 12.3 Å². The van der Waals surface area contributed by atoms with E-state index >= 15 is 0 Å². The molecule has 1 heterocycles. The molecule has 1 aromatic rings. The maximum Gasteiger partial charge on any atom is 0.239 e. The average molecular weight is 265 g/mol. The summed E-state index contributed by atoms with van der Waals surface area (Å²) in [4.78, 5) is 6.70. The van der Waals surface area contributed by atoms with Crippen molar-refractivity contribution in [2.45, 2.75) is 46.6 Å². The maximum absolute atomic E-state index is 5.88. The topological polar surface area (TPSA) is 51.4 Å². The van der Waals surface area contributed by atoms with Crippen LogP contribution >= 0.6 is 0 Å². The van der Waals surface area contributed by atoms with Crippen molar-refractivity contribution in [1.82, 2.24) is 4.98 Å². The van der Waals surface area contributed by atoms with Gasteiger partial charge in [-0.15, -0.1) is 0 Å². The second kappa shape index (κ2) is 7.22. The summed E-state index contributed by atoms with van der Waals surface area (Å²) in [7, 11) is 2.06. The summed E-state index contributed by atoms with van der Waals surface area (Å²) in [5.74, 6) is 2.12. The lowest BCUT2D eigenvalue weighted by atomic mass is 10.0. The molecule has 0 saturated heterocycles. The highest BCUT2D eigenvalue weighted by Gasteiger charge is 2.14. The van der Waals surface area contributed by atoms with Gasteiger partial charge in [0.1, 0.15) is 5.82 Å². The summed E-state index contributed by atoms with van der Waals surface area (Å²) >= 11 is 0. The minimum absolute atomic E-state index is 0.440. The van der Waals surface area contributed by atoms with Crippen molar-refractivity contribution in [3.63, 3.8) is 0 Å². The molecule has 0 amide bonds. The molecule has 0 aliphatic heterocycles. The molecule has 1 aromatic heterocycles. The van der Waals surface area contributed by atoms with Crippen LogP contribution in [0.4, 0.5) is 11.5 Å². The third-order valence-corrected chi connectivity index (χ3v) is 3.15. The first kappa shape index (κ1) is 15.6. The Bertz CT molecular complexity index is 393. The summed E-state index contributed by atoms with van der Waals surface area (Å²) in [6, 6.07) is 4.26. The Balaban J connectivity index is 2.82. The Labute approximate surface area is 117 Å². The molecule has 1 atom stereocenters. The van der Waals surface area contributed by atoms with E-state index in [4.69, 9.17) is 10.5 Å². The smallest absolute Gasteiger partial charge is 0.239 e. The first-order chi connectivity index (χ1) is 8.95. The molecule has 1 unspecified atom stereocenters. The standard InChI is InChI=1S/C15H27N3O/c1-6-9-19-15-13(16)7-8-14(17-15)18(5)12(4)10-11(2)3/h7-8,11-12H,6,9-10,16H2,1-5H3. The molecule has 0 aromatic carbocycles. The molecule has 2 N–H and O–H groups in total. The first-order valence-corrected chi connectivity index (χ1v) is 7.07. The highest BCUT2D eigenvalue weighted by atomic mass is 16.5. The van der Waals surface area contributed by atoms with Crippen molar-refractivity contribution in [1.29, 1.82) is 0 Å². The van der Waals surface area contributed by atoms with E-state index in [1.165, 1.54) is 0 Å². The van der Waals surface area contributed by atoms with Crippen LogP contribution in [0.2, 0.25) is 0 Å². The van der Waals surface area contributed by atoms with Crippen molar-refractivity contribution in [2.75, 3.05) is 24.3 Å². The van der Waals surface area contributed by atoms with Crippen molar-refractivity contribution in [2.24, 2.45) is 5.92 Å². The fraction of sp³-hybridized carbons (Fsp3) is 0.667. The third-order valence-electron chi connectivity index (χ3n) is 3.15. The Morgan fingerprint density at radius 3 is 2.58 bits per heavy atom. The number of nitrogens with zero attached hydrogens (tertiary/aromatic N) is 2. The summed E-state index contributed by atoms with van der Waals surface area (Å²) < 4.78 is 5.57. The van der Waals surface area contributed by atoms with Gasteiger partial charge in [0.2, 0.25) is 5.88 Å². The molecule has 4 heteroatoms. The van der Waals surface area contributed by atoms with E-state index in [1.54, 1.807) is 0 Å². The zero-order valence-corrected chi connectivity index (χ0v) is 12.8. The molecule has 0 bridgehead atoms. The van der Waals surface area contributed by atoms with Gasteiger partial charge in [0, 0.05) is 13.1 Å². The van der Waals surface area contributed by atoms with Crippen LogP contribution in [0.3, 0.4) is 0 Å². The molecule has 0 aliphatic carbocycles. The highest BCUT2D eigenvalue weighted by Crippen LogP contribution is 2.24. The fourth-order valence-electron chi connectivity index (χ4n) is 2.02. The summed E-state index contributed by atoms with van der Waals surface area (Å²) in [5.41, 5.74) is 6.48. The number of nitrogens with two attached hydrogens (primary N) is 1. The SMILES string of the molecule is CCCOc1nc(N(C)C(C)CC(C)C)ccc1N. The van der Waals surface area contributed by atoms with Crippen molar-refractivity contribution >= 4 is 11.5 Å². The van der Waals surface area contributed by atoms with Gasteiger partial charge in [0.25, 0.3) is 0 Å². The lowest BCUT2D eigenvalue weighted by molar-refractivity contribution is 0.307. The number of nitrogen functional groups attached to an aromatic ring is 1. The normalized spacial score (nSPS) is 12.5. The van der Waals surface area contributed by atoms with E-state index in [1.807, 2.05) is 12.1 Å². The van der Waals surface area contributed by atoms with E-state index < -0.39 is 0 Å². The van der Waals surface area contributed by atoms with E-state index in [0.29, 0.717) is 30.1 Å². The molecule has 0 radical (unpaired) electrons. The predicted octanol–water partition coefficient (Wildman–Crippen LogP) is 3.32. The zero-order chi connectivity index (χ0) is 14.4. The van der Waals surface area contributed by atoms with Gasteiger partial charge < -0.3 is 15.4 Å². The third kappa shape index (κ3) is 4.62. The van der Waals surface area contributed by atoms with Crippen LogP contribution in [0.5, 0.6) is 5.88 Å². The van der Waals surface area contributed by atoms with Gasteiger partial charge in [-0.25, -0.2) is 0 Å². The van der Waals surface area contributed by atoms with E-state index in [-0.39, 0.29) is 0 Å². The molecule has 0 aliphatic rings. The van der Waals surface area contributed by atoms with Crippen molar-refractivity contribution in [3.8, 4) is 5.88 Å². The number of hydrogen-bond donors (Lipinski definition) is 1. The molecule has 4 nitrogen and oxygen atoms in total. The number of ether oxygens (including phenoxy) is 1. The number of aromatic nitrogens is 1. The molecule has 0 saturated carbocycles. The average Bonchev–Trinajstić information content (AvgIpc) is 2.36. The van der Waals surface area contributed by atoms with Gasteiger partial charge in [-0.2, -0.15) is 4.98 Å². The van der Waals surface area contributed by atoms with Crippen molar-refractivity contribution in [3.05, 3.63) is 12.1 Å². The number of pyridine rings is 1. The molecule has 0 fully saturated rings. The van der Waals surface area contributed by atoms with Crippen LogP contribution in [0.15, 0.2) is 12.1 Å². The fourth-order valence-corrected chi connectivity index (χ4v) is 2.02. The lowest BCUT2D eigenvalue weighted by Crippen LogP contribution is -2.30. The molecular weight excluding hydrogens is 238 g/mol. The predicted molar refractivity (Wildman–Crippen MR) is 81.8 cm³/mol. The number of rotatable bonds is 7. The number of anilines is 2. The van der Waals surface area contributed by atoms with E-state index in [9.17, 15) is 0 Å². The van der Waals surface area contributed by atoms with Crippen LogP contribution in [0.1, 0.15) is 40.5 Å². The minimum Gasteiger partial charge on any atom is -0.476 e. The van der Waals surface area contributed by atoms with Crippen LogP contribution in [0, 0.1) is 5.92 Å². The van der Waals surface area contributed by atoms with Gasteiger partial charge in [0.15, 0.2) is 0 Å². The maximum atomic E-state index is 5.88. The zero-order valence-electron chi connectivity index (χ0n) is 12.8. The summed E-state index contributed by atoms with van der Waals surface area (Å²) in [6.07, 6.45) is 2.08. The second-order valence-corrected chi connectivity index (χ2v) is 5.50. The van der Waals surface area contributed by atoms with Crippen LogP contribution < -0.4 is 15.4 Å². The minimum atomic E-state index is 0.440. The summed E-state index contributed by atoms with van der Waals surface area (Å²) in [5, 5.41) is 0. The largest absolute Gasteiger partial charge is 0.476 e. The Kier molecular flexibility index (Phi) is 5.93. The Hall–Kier alpha value is -1.45. The van der Waals surface area contributed by atoms with E-state index in [0.717, 1.165) is 18.7 Å². The molecule has 108 valence electrons. The molecule has 1 rings (SSSR count). The van der Waals surface area contributed by atoms with Crippen LogP contribution in [-0.4, -0.2) is 24.7 Å². The second-order valence-electron chi connectivity index (χ2n) is 5.50. The molecule has 0 spiro atoms. The van der Waals surface area contributed by atoms with Crippen LogP contribution in [-0.2, 0) is 0 Å². The molecule has 19 heavy (non-hydrogen) atoms. The Morgan fingerprint density at radius 1 is 1.32 bits per heavy atom. The van der Waals surface area contributed by atoms with E-state index in [2.05, 4.69) is 44.6 Å². The first-order valence-electron chi connectivity index (χ1n) is 7.07. The van der Waals surface area contributed by atoms with Gasteiger partial charge in [-0.3, -0.25) is 0 Å². The van der Waals surface area contributed by atoms with Gasteiger partial charge in [-0.1, -0.05) is 20.8 Å². The number of hydrogen-bond acceptors (Lipinski definition) is 4. The Morgan fingerprint density at radius 2 is 2.00 bits per heavy atom. The van der Waals surface area contributed by atoms with Gasteiger partial charge in [-0.05, 0) is 37.8 Å². The van der Waals surface area contributed by atoms with Gasteiger partial charge >= 0.3 is 0 Å². The monoisotopic (exact) mass is 265 g/mol.